The topological polar surface area (TPSA) is 126 Å². The van der Waals surface area contributed by atoms with Crippen LogP contribution in [0, 0.1) is 11.8 Å². The molecule has 1 aliphatic carbocycles. The SMILES string of the molecule is Cn1c(C(=O)C[C@@H](Cc2ccccc2)C(=O)N[C@@H](C[C@@H]2CCCNC2=O)C(=O)C(=O)NC2CCCCC2)cc2ccccc21. The normalized spacial score (nSPS) is 18.7. The van der Waals surface area contributed by atoms with Crippen molar-refractivity contribution < 1.29 is 24.0 Å². The van der Waals surface area contributed by atoms with Crippen molar-refractivity contribution in [1.29, 1.82) is 0 Å². The number of rotatable bonds is 12. The van der Waals surface area contributed by atoms with Crippen molar-refractivity contribution in [3.63, 3.8) is 0 Å². The number of nitrogens with one attached hydrogen (secondary N) is 3. The number of carbonyl (C=O) groups is 5. The predicted molar refractivity (Wildman–Crippen MR) is 168 cm³/mol. The van der Waals surface area contributed by atoms with Crippen molar-refractivity contribution in [2.45, 2.75) is 76.3 Å². The van der Waals surface area contributed by atoms with Crippen LogP contribution in [0.3, 0.4) is 0 Å². The number of para-hydroxylation sites is 1. The number of hydrogen-bond donors (Lipinski definition) is 3. The number of piperidine rings is 1. The van der Waals surface area contributed by atoms with E-state index >= 15 is 0 Å². The fraction of sp³-hybridized carbons (Fsp3) is 0.457. The number of benzene rings is 2. The molecule has 2 fully saturated rings. The molecular weight excluding hydrogens is 556 g/mol. The Balaban J connectivity index is 1.37. The Morgan fingerprint density at radius 1 is 0.932 bits per heavy atom. The minimum Gasteiger partial charge on any atom is -0.356 e. The maximum Gasteiger partial charge on any atom is 0.289 e. The van der Waals surface area contributed by atoms with Gasteiger partial charge in [-0.25, -0.2) is 0 Å². The van der Waals surface area contributed by atoms with Crippen molar-refractivity contribution in [2.75, 3.05) is 6.54 Å². The first kappa shape index (κ1) is 31.2. The Morgan fingerprint density at radius 2 is 1.66 bits per heavy atom. The first-order chi connectivity index (χ1) is 21.3. The van der Waals surface area contributed by atoms with Gasteiger partial charge >= 0.3 is 0 Å². The van der Waals surface area contributed by atoms with E-state index in [1.165, 1.54) is 0 Å². The molecule has 2 aromatic carbocycles. The summed E-state index contributed by atoms with van der Waals surface area (Å²) in [7, 11) is 1.83. The van der Waals surface area contributed by atoms with Crippen molar-refractivity contribution in [2.24, 2.45) is 18.9 Å². The summed E-state index contributed by atoms with van der Waals surface area (Å²) in [5.41, 5.74) is 2.29. The number of Topliss-reactive ketones (excluding diaryl/α,β-unsaturated/α-hetero) is 2. The van der Waals surface area contributed by atoms with Crippen LogP contribution in [0.25, 0.3) is 10.9 Å². The van der Waals surface area contributed by atoms with Gasteiger partial charge in [-0.3, -0.25) is 24.0 Å². The van der Waals surface area contributed by atoms with Crippen molar-refractivity contribution in [1.82, 2.24) is 20.5 Å². The summed E-state index contributed by atoms with van der Waals surface area (Å²) in [6.07, 6.45) is 6.29. The quantitative estimate of drug-likeness (QED) is 0.214. The van der Waals surface area contributed by atoms with Gasteiger partial charge in [0.2, 0.25) is 17.6 Å². The summed E-state index contributed by atoms with van der Waals surface area (Å²) in [5, 5.41) is 9.46. The molecule has 232 valence electrons. The summed E-state index contributed by atoms with van der Waals surface area (Å²) in [6, 6.07) is 17.7. The molecule has 3 N–H and O–H groups in total. The van der Waals surface area contributed by atoms with Gasteiger partial charge < -0.3 is 20.5 Å². The van der Waals surface area contributed by atoms with E-state index in [4.69, 9.17) is 0 Å². The molecule has 44 heavy (non-hydrogen) atoms. The number of aromatic nitrogens is 1. The lowest BCUT2D eigenvalue weighted by Gasteiger charge is -2.28. The Hall–Kier alpha value is -4.27. The molecule has 3 amide bonds. The third-order valence-electron chi connectivity index (χ3n) is 9.08. The van der Waals surface area contributed by atoms with Crippen LogP contribution in [-0.4, -0.2) is 52.5 Å². The third-order valence-corrected chi connectivity index (χ3v) is 9.08. The lowest BCUT2D eigenvalue weighted by Crippen LogP contribution is -2.53. The van der Waals surface area contributed by atoms with Gasteiger partial charge in [0.1, 0.15) is 0 Å². The number of fused-ring (bicyclic) bond motifs is 1. The number of ketones is 2. The lowest BCUT2D eigenvalue weighted by atomic mass is 9.88. The van der Waals surface area contributed by atoms with Crippen LogP contribution in [0.1, 0.15) is 73.8 Å². The summed E-state index contributed by atoms with van der Waals surface area (Å²) in [5.74, 6) is -3.62. The fourth-order valence-corrected chi connectivity index (χ4v) is 6.57. The number of nitrogens with zero attached hydrogens (tertiary/aromatic N) is 1. The molecular formula is C35H42N4O5. The van der Waals surface area contributed by atoms with Crippen LogP contribution >= 0.6 is 0 Å². The standard InChI is InChI=1S/C35H42N4O5/c1-39-29-17-9-8-13-24(29)21-30(39)31(40)22-26(19-23-11-4-2-5-12-23)34(43)38-28(20-25-14-10-18-36-33(25)42)32(41)35(44)37-27-15-6-3-7-16-27/h2,4-5,8-9,11-13,17,21,25-28H,3,6-7,10,14-16,18-20,22H2,1H3,(H,36,42)(H,37,44)(H,38,43)/t25-,26+,28-/m0/s1. The molecule has 1 aliphatic heterocycles. The van der Waals surface area contributed by atoms with Crippen LogP contribution in [0.2, 0.25) is 0 Å². The minimum atomic E-state index is -1.18. The predicted octanol–water partition coefficient (Wildman–Crippen LogP) is 4.03. The molecule has 0 unspecified atom stereocenters. The van der Waals surface area contributed by atoms with Gasteiger partial charge in [0.05, 0.1) is 11.7 Å². The summed E-state index contributed by atoms with van der Waals surface area (Å²) < 4.78 is 1.83. The van der Waals surface area contributed by atoms with E-state index < -0.39 is 35.5 Å². The molecule has 0 radical (unpaired) electrons. The molecule has 0 bridgehead atoms. The zero-order valence-electron chi connectivity index (χ0n) is 25.3. The summed E-state index contributed by atoms with van der Waals surface area (Å²) >= 11 is 0. The van der Waals surface area contributed by atoms with E-state index in [9.17, 15) is 24.0 Å². The zero-order chi connectivity index (χ0) is 31.1. The highest BCUT2D eigenvalue weighted by atomic mass is 16.2. The second-order valence-corrected chi connectivity index (χ2v) is 12.3. The Morgan fingerprint density at radius 3 is 2.39 bits per heavy atom. The second kappa shape index (κ2) is 14.5. The van der Waals surface area contributed by atoms with Gasteiger partial charge in [0.15, 0.2) is 5.78 Å². The first-order valence-electron chi connectivity index (χ1n) is 15.8. The van der Waals surface area contributed by atoms with E-state index in [1.54, 1.807) is 0 Å². The van der Waals surface area contributed by atoms with Crippen LogP contribution in [-0.2, 0) is 32.6 Å². The van der Waals surface area contributed by atoms with E-state index in [0.29, 0.717) is 18.7 Å². The number of hydrogen-bond acceptors (Lipinski definition) is 5. The number of aryl methyl sites for hydroxylation is 1. The maximum atomic E-state index is 14.0. The molecule has 1 saturated carbocycles. The summed E-state index contributed by atoms with van der Waals surface area (Å²) in [4.78, 5) is 67.0. The third kappa shape index (κ3) is 7.62. The molecule has 2 heterocycles. The lowest BCUT2D eigenvalue weighted by molar-refractivity contribution is -0.141. The number of carbonyl (C=O) groups excluding carboxylic acids is 5. The molecule has 9 nitrogen and oxygen atoms in total. The smallest absolute Gasteiger partial charge is 0.289 e. The first-order valence-corrected chi connectivity index (χ1v) is 15.8. The highest BCUT2D eigenvalue weighted by Crippen LogP contribution is 2.24. The summed E-state index contributed by atoms with van der Waals surface area (Å²) in [6.45, 7) is 0.567. The fourth-order valence-electron chi connectivity index (χ4n) is 6.57. The highest BCUT2D eigenvalue weighted by Gasteiger charge is 2.36. The van der Waals surface area contributed by atoms with Gasteiger partial charge in [-0.05, 0) is 56.2 Å². The van der Waals surface area contributed by atoms with Crippen LogP contribution in [0.4, 0.5) is 0 Å². The van der Waals surface area contributed by atoms with E-state index in [-0.39, 0.29) is 37.0 Å². The van der Waals surface area contributed by atoms with Gasteiger partial charge in [0, 0.05) is 48.8 Å². The second-order valence-electron chi connectivity index (χ2n) is 12.3. The van der Waals surface area contributed by atoms with Crippen LogP contribution in [0.5, 0.6) is 0 Å². The average Bonchev–Trinajstić information content (AvgIpc) is 3.38. The Bertz CT molecular complexity index is 1510. The molecule has 9 heteroatoms. The zero-order valence-corrected chi connectivity index (χ0v) is 25.3. The monoisotopic (exact) mass is 598 g/mol. The van der Waals surface area contributed by atoms with Crippen molar-refractivity contribution in [3.05, 3.63) is 71.9 Å². The van der Waals surface area contributed by atoms with E-state index in [1.807, 2.05) is 72.3 Å². The van der Waals surface area contributed by atoms with Gasteiger partial charge in [-0.15, -0.1) is 0 Å². The van der Waals surface area contributed by atoms with Crippen LogP contribution < -0.4 is 16.0 Å². The molecule has 0 spiro atoms. The Kier molecular flexibility index (Phi) is 10.2. The highest BCUT2D eigenvalue weighted by molar-refractivity contribution is 6.38. The van der Waals surface area contributed by atoms with Crippen molar-refractivity contribution >= 4 is 40.2 Å². The largest absolute Gasteiger partial charge is 0.356 e. The number of amides is 3. The maximum absolute atomic E-state index is 14.0. The molecule has 3 aromatic rings. The van der Waals surface area contributed by atoms with E-state index in [0.717, 1.165) is 55.0 Å². The van der Waals surface area contributed by atoms with Gasteiger partial charge in [0.25, 0.3) is 5.91 Å². The van der Waals surface area contributed by atoms with Gasteiger partial charge in [-0.2, -0.15) is 0 Å². The minimum absolute atomic E-state index is 0.0314. The van der Waals surface area contributed by atoms with Crippen molar-refractivity contribution in [3.8, 4) is 0 Å². The molecule has 5 rings (SSSR count). The van der Waals surface area contributed by atoms with Gasteiger partial charge in [-0.1, -0.05) is 67.8 Å². The Labute approximate surface area is 258 Å². The molecule has 3 atom stereocenters. The van der Waals surface area contributed by atoms with E-state index in [2.05, 4.69) is 16.0 Å². The average molecular weight is 599 g/mol. The molecule has 1 aromatic heterocycles. The van der Waals surface area contributed by atoms with Crippen LogP contribution in [0.15, 0.2) is 60.7 Å². The molecule has 1 saturated heterocycles. The molecule has 2 aliphatic rings.